The second-order valence-electron chi connectivity index (χ2n) is 4.48. The second-order valence-corrected chi connectivity index (χ2v) is 7.11. The summed E-state index contributed by atoms with van der Waals surface area (Å²) in [5.74, 6) is 0.445. The average Bonchev–Trinajstić information content (AvgIpc) is 2.96. The number of aliphatic hydroxyl groups is 1. The van der Waals surface area contributed by atoms with Crippen LogP contribution in [0.4, 0.5) is 0 Å². The Balaban J connectivity index is 2.21. The summed E-state index contributed by atoms with van der Waals surface area (Å²) in [6, 6.07) is 1.35. The molecule has 2 heterocycles. The number of sulfonamides is 1. The fraction of sp³-hybridized carbons (Fsp3) is 0.636. The van der Waals surface area contributed by atoms with E-state index in [2.05, 4.69) is 15.9 Å². The Kier molecular flexibility index (Phi) is 4.67. The molecule has 1 unspecified atom stereocenters. The third kappa shape index (κ3) is 3.03. The highest BCUT2D eigenvalue weighted by Gasteiger charge is 2.35. The number of nitrogens with zero attached hydrogens (tertiary/aromatic N) is 1. The molecular formula is C11H16BrNO5S. The molecule has 1 aromatic rings. The first-order chi connectivity index (χ1) is 8.98. The van der Waals surface area contributed by atoms with Gasteiger partial charge in [0.1, 0.15) is 17.3 Å². The zero-order valence-electron chi connectivity index (χ0n) is 10.5. The smallest absolute Gasteiger partial charge is 0.247 e. The lowest BCUT2D eigenvalue weighted by Crippen LogP contribution is -2.29. The molecule has 1 aromatic heterocycles. The molecule has 0 saturated carbocycles. The van der Waals surface area contributed by atoms with Crippen LogP contribution in [0.25, 0.3) is 0 Å². The van der Waals surface area contributed by atoms with E-state index in [1.807, 2.05) is 0 Å². The molecule has 1 atom stereocenters. The van der Waals surface area contributed by atoms with Gasteiger partial charge in [-0.3, -0.25) is 0 Å². The minimum atomic E-state index is -3.58. The van der Waals surface area contributed by atoms with Gasteiger partial charge in [-0.15, -0.1) is 0 Å². The minimum Gasteiger partial charge on any atom is -0.450 e. The Hall–Kier alpha value is -0.410. The van der Waals surface area contributed by atoms with Gasteiger partial charge in [0.25, 0.3) is 0 Å². The Morgan fingerprint density at radius 2 is 2.37 bits per heavy atom. The van der Waals surface area contributed by atoms with Crippen LogP contribution in [0.2, 0.25) is 0 Å². The number of ether oxygens (including phenoxy) is 1. The topological polar surface area (TPSA) is 80.0 Å². The Morgan fingerprint density at radius 1 is 1.63 bits per heavy atom. The fourth-order valence-electron chi connectivity index (χ4n) is 2.18. The van der Waals surface area contributed by atoms with Gasteiger partial charge in [-0.05, 0) is 28.3 Å². The van der Waals surface area contributed by atoms with Crippen LogP contribution in [0.1, 0.15) is 12.2 Å². The van der Waals surface area contributed by atoms with Crippen LogP contribution >= 0.6 is 15.9 Å². The Morgan fingerprint density at radius 3 is 2.95 bits per heavy atom. The summed E-state index contributed by atoms with van der Waals surface area (Å²) in [4.78, 5) is 0.0645. The molecule has 1 N–H and O–H groups in total. The van der Waals surface area contributed by atoms with Gasteiger partial charge in [-0.2, -0.15) is 4.31 Å². The standard InChI is InChI=1S/C11H16BrNO5S/c1-17-7-8-2-3-13(5-8)19(15,16)10-4-9(6-14)18-11(10)12/h4,8,14H,2-3,5-7H2,1H3. The average molecular weight is 354 g/mol. The molecule has 1 aliphatic rings. The van der Waals surface area contributed by atoms with E-state index >= 15 is 0 Å². The van der Waals surface area contributed by atoms with Gasteiger partial charge in [0.05, 0.1) is 6.61 Å². The maximum absolute atomic E-state index is 12.4. The lowest BCUT2D eigenvalue weighted by molar-refractivity contribution is 0.157. The number of aliphatic hydroxyl groups excluding tert-OH is 1. The summed E-state index contributed by atoms with van der Waals surface area (Å²) >= 11 is 3.08. The predicted octanol–water partition coefficient (Wildman–Crippen LogP) is 1.19. The highest BCUT2D eigenvalue weighted by atomic mass is 79.9. The van der Waals surface area contributed by atoms with Crippen LogP contribution in [0.3, 0.4) is 0 Å². The maximum atomic E-state index is 12.4. The molecule has 0 aromatic carbocycles. The van der Waals surface area contributed by atoms with Crippen molar-refractivity contribution in [3.8, 4) is 0 Å². The first kappa shape index (κ1) is 15.0. The van der Waals surface area contributed by atoms with Gasteiger partial charge in [0, 0.05) is 26.3 Å². The minimum absolute atomic E-state index is 0.0645. The summed E-state index contributed by atoms with van der Waals surface area (Å²) in [6.45, 7) is 1.14. The largest absolute Gasteiger partial charge is 0.450 e. The number of hydrogen-bond donors (Lipinski definition) is 1. The van der Waals surface area contributed by atoms with Crippen molar-refractivity contribution in [3.05, 3.63) is 16.5 Å². The summed E-state index contributed by atoms with van der Waals surface area (Å²) in [7, 11) is -1.98. The number of methoxy groups -OCH3 is 1. The maximum Gasteiger partial charge on any atom is 0.247 e. The van der Waals surface area contributed by atoms with Crippen molar-refractivity contribution in [2.45, 2.75) is 17.9 Å². The third-order valence-corrected chi connectivity index (χ3v) is 5.85. The molecule has 1 fully saturated rings. The molecule has 0 radical (unpaired) electrons. The molecule has 1 saturated heterocycles. The number of halogens is 1. The SMILES string of the molecule is COCC1CCN(S(=O)(=O)c2cc(CO)oc2Br)C1. The molecule has 8 heteroatoms. The van der Waals surface area contributed by atoms with E-state index in [9.17, 15) is 8.42 Å². The molecule has 19 heavy (non-hydrogen) atoms. The second kappa shape index (κ2) is 5.92. The zero-order chi connectivity index (χ0) is 14.0. The van der Waals surface area contributed by atoms with Crippen LogP contribution in [0.5, 0.6) is 0 Å². The molecule has 0 amide bonds. The Labute approximate surface area is 120 Å². The van der Waals surface area contributed by atoms with Crippen molar-refractivity contribution < 1.29 is 22.7 Å². The number of rotatable bonds is 5. The van der Waals surface area contributed by atoms with E-state index < -0.39 is 10.0 Å². The van der Waals surface area contributed by atoms with E-state index in [1.54, 1.807) is 7.11 Å². The molecule has 2 rings (SSSR count). The van der Waals surface area contributed by atoms with Crippen LogP contribution in [-0.2, 0) is 21.4 Å². The molecular weight excluding hydrogens is 338 g/mol. The zero-order valence-corrected chi connectivity index (χ0v) is 12.9. The normalized spacial score (nSPS) is 21.1. The van der Waals surface area contributed by atoms with Crippen molar-refractivity contribution >= 4 is 26.0 Å². The van der Waals surface area contributed by atoms with E-state index in [0.29, 0.717) is 19.7 Å². The van der Waals surface area contributed by atoms with Gasteiger partial charge < -0.3 is 14.3 Å². The van der Waals surface area contributed by atoms with Crippen molar-refractivity contribution in [2.24, 2.45) is 5.92 Å². The van der Waals surface area contributed by atoms with Crippen LogP contribution in [-0.4, -0.2) is 44.6 Å². The number of hydrogen-bond acceptors (Lipinski definition) is 5. The highest BCUT2D eigenvalue weighted by molar-refractivity contribution is 9.10. The van der Waals surface area contributed by atoms with Gasteiger partial charge >= 0.3 is 0 Å². The third-order valence-electron chi connectivity index (χ3n) is 3.13. The fourth-order valence-corrected chi connectivity index (χ4v) is 4.67. The van der Waals surface area contributed by atoms with Crippen molar-refractivity contribution in [1.82, 2.24) is 4.31 Å². The molecule has 1 aliphatic heterocycles. The molecule has 0 aliphatic carbocycles. The summed E-state index contributed by atoms with van der Waals surface area (Å²) in [5, 5.41) is 8.98. The van der Waals surface area contributed by atoms with E-state index in [0.717, 1.165) is 6.42 Å². The lowest BCUT2D eigenvalue weighted by atomic mass is 10.1. The predicted molar refractivity (Wildman–Crippen MR) is 71.1 cm³/mol. The van der Waals surface area contributed by atoms with Crippen LogP contribution < -0.4 is 0 Å². The molecule has 0 spiro atoms. The van der Waals surface area contributed by atoms with Gasteiger partial charge in [-0.1, -0.05) is 0 Å². The van der Waals surface area contributed by atoms with Crippen LogP contribution in [0, 0.1) is 5.92 Å². The molecule has 0 bridgehead atoms. The van der Waals surface area contributed by atoms with Crippen molar-refractivity contribution in [1.29, 1.82) is 0 Å². The summed E-state index contributed by atoms with van der Waals surface area (Å²) in [6.07, 6.45) is 0.787. The lowest BCUT2D eigenvalue weighted by Gasteiger charge is -2.15. The molecule has 108 valence electrons. The van der Waals surface area contributed by atoms with Crippen LogP contribution in [0.15, 0.2) is 20.0 Å². The van der Waals surface area contributed by atoms with E-state index in [1.165, 1.54) is 10.4 Å². The van der Waals surface area contributed by atoms with E-state index in [4.69, 9.17) is 14.3 Å². The highest BCUT2D eigenvalue weighted by Crippen LogP contribution is 2.31. The van der Waals surface area contributed by atoms with Gasteiger partial charge in [-0.25, -0.2) is 8.42 Å². The Bertz CT molecular complexity index is 541. The number of furan rings is 1. The van der Waals surface area contributed by atoms with Crippen molar-refractivity contribution in [3.63, 3.8) is 0 Å². The first-order valence-electron chi connectivity index (χ1n) is 5.87. The van der Waals surface area contributed by atoms with Crippen molar-refractivity contribution in [2.75, 3.05) is 26.8 Å². The van der Waals surface area contributed by atoms with E-state index in [-0.39, 0.29) is 27.9 Å². The van der Waals surface area contributed by atoms with Gasteiger partial charge in [0.15, 0.2) is 4.67 Å². The summed E-state index contributed by atoms with van der Waals surface area (Å²) in [5.41, 5.74) is 0. The van der Waals surface area contributed by atoms with Gasteiger partial charge in [0.2, 0.25) is 10.0 Å². The first-order valence-corrected chi connectivity index (χ1v) is 8.10. The quantitative estimate of drug-likeness (QED) is 0.859. The summed E-state index contributed by atoms with van der Waals surface area (Å²) < 4.78 is 36.6. The monoisotopic (exact) mass is 353 g/mol. The molecule has 6 nitrogen and oxygen atoms in total.